The van der Waals surface area contributed by atoms with Crippen molar-refractivity contribution in [1.29, 1.82) is 0 Å². The molecule has 0 radical (unpaired) electrons. The van der Waals surface area contributed by atoms with Crippen LogP contribution in [0.15, 0.2) is 51.5 Å². The van der Waals surface area contributed by atoms with Crippen LogP contribution in [-0.4, -0.2) is 21.0 Å². The molecule has 1 N–H and O–H groups in total. The van der Waals surface area contributed by atoms with Crippen LogP contribution in [0.25, 0.3) is 10.6 Å². The lowest BCUT2D eigenvalue weighted by molar-refractivity contribution is 0.0947. The first-order valence-corrected chi connectivity index (χ1v) is 11.6. The zero-order chi connectivity index (χ0) is 20.2. The molecule has 148 valence electrons. The van der Waals surface area contributed by atoms with Crippen LogP contribution in [0, 0.1) is 13.8 Å². The minimum atomic E-state index is -0.142. The Morgan fingerprint density at radius 3 is 2.93 bits per heavy atom. The number of aryl methyl sites for hydroxylation is 2. The maximum Gasteiger partial charge on any atom is 0.254 e. The third-order valence-electron chi connectivity index (χ3n) is 4.01. The quantitative estimate of drug-likeness (QED) is 0.401. The number of amides is 1. The fraction of sp³-hybridized carbons (Fsp3) is 0.200. The van der Waals surface area contributed by atoms with Crippen molar-refractivity contribution in [3.05, 3.63) is 68.8 Å². The minimum absolute atomic E-state index is 0.142. The molecule has 0 aliphatic carbocycles. The van der Waals surface area contributed by atoms with Crippen LogP contribution in [-0.2, 0) is 12.3 Å². The SMILES string of the molecule is Cc1cc(CSc2ncccc2C(=O)NCc2ccc(-c3csc(C)n3)s2)no1. The largest absolute Gasteiger partial charge is 0.361 e. The van der Waals surface area contributed by atoms with E-state index in [-0.39, 0.29) is 5.91 Å². The molecule has 4 aromatic rings. The van der Waals surface area contributed by atoms with Crippen molar-refractivity contribution in [3.8, 4) is 10.6 Å². The number of thioether (sulfide) groups is 1. The number of thiophene rings is 1. The molecule has 0 spiro atoms. The highest BCUT2D eigenvalue weighted by atomic mass is 32.2. The number of rotatable bonds is 7. The molecule has 0 aliphatic rings. The summed E-state index contributed by atoms with van der Waals surface area (Å²) in [5.74, 6) is 1.22. The molecule has 4 aromatic heterocycles. The number of nitrogens with one attached hydrogen (secondary N) is 1. The first-order valence-electron chi connectivity index (χ1n) is 8.88. The predicted octanol–water partition coefficient (Wildman–Crippen LogP) is 5.09. The molecule has 29 heavy (non-hydrogen) atoms. The Bertz CT molecular complexity index is 1130. The van der Waals surface area contributed by atoms with Crippen LogP contribution >= 0.6 is 34.4 Å². The highest BCUT2D eigenvalue weighted by Gasteiger charge is 2.14. The van der Waals surface area contributed by atoms with E-state index in [0.29, 0.717) is 22.9 Å². The van der Waals surface area contributed by atoms with E-state index in [1.165, 1.54) is 11.8 Å². The molecule has 9 heteroatoms. The van der Waals surface area contributed by atoms with Gasteiger partial charge in [0.05, 0.1) is 33.4 Å². The number of thiazole rings is 1. The normalized spacial score (nSPS) is 11.0. The van der Waals surface area contributed by atoms with Gasteiger partial charge in [0.15, 0.2) is 0 Å². The molecule has 0 aliphatic heterocycles. The van der Waals surface area contributed by atoms with Gasteiger partial charge in [0.1, 0.15) is 10.8 Å². The van der Waals surface area contributed by atoms with Crippen molar-refractivity contribution in [2.24, 2.45) is 0 Å². The Morgan fingerprint density at radius 1 is 1.28 bits per heavy atom. The Morgan fingerprint density at radius 2 is 2.17 bits per heavy atom. The second kappa shape index (κ2) is 8.89. The average molecular weight is 443 g/mol. The first-order chi connectivity index (χ1) is 14.1. The summed E-state index contributed by atoms with van der Waals surface area (Å²) in [6, 6.07) is 9.52. The van der Waals surface area contributed by atoms with Gasteiger partial charge in [-0.3, -0.25) is 4.79 Å². The molecular formula is C20H18N4O2S3. The number of hydrogen-bond acceptors (Lipinski definition) is 8. The molecule has 6 nitrogen and oxygen atoms in total. The number of carbonyl (C=O) groups excluding carboxylic acids is 1. The Balaban J connectivity index is 1.39. The minimum Gasteiger partial charge on any atom is -0.361 e. The fourth-order valence-electron chi connectivity index (χ4n) is 2.66. The Labute approximate surface area is 180 Å². The molecular weight excluding hydrogens is 424 g/mol. The monoisotopic (exact) mass is 442 g/mol. The van der Waals surface area contributed by atoms with Gasteiger partial charge in [0.2, 0.25) is 0 Å². The maximum atomic E-state index is 12.7. The van der Waals surface area contributed by atoms with Crippen LogP contribution in [0.4, 0.5) is 0 Å². The smallest absolute Gasteiger partial charge is 0.254 e. The van der Waals surface area contributed by atoms with Crippen LogP contribution < -0.4 is 5.32 Å². The summed E-state index contributed by atoms with van der Waals surface area (Å²) in [5, 5.41) is 10.8. The summed E-state index contributed by atoms with van der Waals surface area (Å²) in [5.41, 5.74) is 2.38. The summed E-state index contributed by atoms with van der Waals surface area (Å²) in [6.07, 6.45) is 1.69. The number of hydrogen-bond donors (Lipinski definition) is 1. The van der Waals surface area contributed by atoms with Crippen molar-refractivity contribution in [2.45, 2.75) is 31.2 Å². The van der Waals surface area contributed by atoms with Gasteiger partial charge in [0, 0.05) is 28.3 Å². The van der Waals surface area contributed by atoms with E-state index in [2.05, 4.69) is 25.8 Å². The number of aromatic nitrogens is 3. The molecule has 4 rings (SSSR count). The van der Waals surface area contributed by atoms with Gasteiger partial charge in [-0.2, -0.15) is 0 Å². The lowest BCUT2D eigenvalue weighted by atomic mass is 10.2. The van der Waals surface area contributed by atoms with E-state index in [4.69, 9.17) is 4.52 Å². The highest BCUT2D eigenvalue weighted by molar-refractivity contribution is 7.98. The molecule has 0 atom stereocenters. The van der Waals surface area contributed by atoms with Crippen molar-refractivity contribution < 1.29 is 9.32 Å². The van der Waals surface area contributed by atoms with E-state index >= 15 is 0 Å². The van der Waals surface area contributed by atoms with Crippen LogP contribution in [0.1, 0.15) is 31.7 Å². The van der Waals surface area contributed by atoms with Crippen LogP contribution in [0.2, 0.25) is 0 Å². The lowest BCUT2D eigenvalue weighted by Crippen LogP contribution is -2.23. The van der Waals surface area contributed by atoms with Crippen molar-refractivity contribution >= 4 is 40.3 Å². The standard InChI is InChI=1S/C20H18N4O2S3/c1-12-8-14(24-26-12)10-28-20-16(4-3-7-21-20)19(25)22-9-15-5-6-18(29-15)17-11-27-13(2)23-17/h3-8,11H,9-10H2,1-2H3,(H,22,25). The van der Waals surface area contributed by atoms with Gasteiger partial charge < -0.3 is 9.84 Å². The average Bonchev–Trinajstić information content (AvgIpc) is 3.46. The first kappa shape index (κ1) is 19.8. The Kier molecular flexibility index (Phi) is 6.08. The van der Waals surface area contributed by atoms with Crippen molar-refractivity contribution in [2.75, 3.05) is 0 Å². The topological polar surface area (TPSA) is 80.9 Å². The van der Waals surface area contributed by atoms with Gasteiger partial charge in [-0.05, 0) is 38.1 Å². The second-order valence-electron chi connectivity index (χ2n) is 6.27. The molecule has 0 unspecified atom stereocenters. The van der Waals surface area contributed by atoms with Crippen molar-refractivity contribution in [1.82, 2.24) is 20.4 Å². The summed E-state index contributed by atoms with van der Waals surface area (Å²) in [4.78, 5) is 23.8. The van der Waals surface area contributed by atoms with E-state index in [1.807, 2.05) is 32.0 Å². The molecule has 4 heterocycles. The summed E-state index contributed by atoms with van der Waals surface area (Å²) < 4.78 is 5.09. The number of carbonyl (C=O) groups is 1. The Hall–Kier alpha value is -2.49. The third kappa shape index (κ3) is 4.92. The van der Waals surface area contributed by atoms with Crippen LogP contribution in [0.3, 0.4) is 0 Å². The third-order valence-corrected chi connectivity index (χ3v) is 6.93. The van der Waals surface area contributed by atoms with Crippen molar-refractivity contribution in [3.63, 3.8) is 0 Å². The summed E-state index contributed by atoms with van der Waals surface area (Å²) >= 11 is 4.74. The summed E-state index contributed by atoms with van der Waals surface area (Å²) in [6.45, 7) is 4.32. The van der Waals surface area contributed by atoms with E-state index in [9.17, 15) is 4.79 Å². The fourth-order valence-corrected chi connectivity index (χ4v) is 5.12. The molecule has 0 saturated carbocycles. The van der Waals surface area contributed by atoms with E-state index in [0.717, 1.165) is 31.9 Å². The lowest BCUT2D eigenvalue weighted by Gasteiger charge is -2.08. The molecule has 0 fully saturated rings. The van der Waals surface area contributed by atoms with E-state index in [1.54, 1.807) is 41.0 Å². The van der Waals surface area contributed by atoms with Crippen LogP contribution in [0.5, 0.6) is 0 Å². The molecule has 0 saturated heterocycles. The molecule has 0 bridgehead atoms. The maximum absolute atomic E-state index is 12.7. The van der Waals surface area contributed by atoms with Gasteiger partial charge >= 0.3 is 0 Å². The predicted molar refractivity (Wildman–Crippen MR) is 116 cm³/mol. The second-order valence-corrected chi connectivity index (χ2v) is 9.47. The summed E-state index contributed by atoms with van der Waals surface area (Å²) in [7, 11) is 0. The zero-order valence-electron chi connectivity index (χ0n) is 15.8. The van der Waals surface area contributed by atoms with E-state index < -0.39 is 0 Å². The molecule has 0 aromatic carbocycles. The number of nitrogens with zero attached hydrogens (tertiary/aromatic N) is 3. The van der Waals surface area contributed by atoms with Gasteiger partial charge in [-0.25, -0.2) is 9.97 Å². The number of pyridine rings is 1. The highest BCUT2D eigenvalue weighted by Crippen LogP contribution is 2.29. The van der Waals surface area contributed by atoms with Gasteiger partial charge in [-0.15, -0.1) is 22.7 Å². The molecule has 1 amide bonds. The van der Waals surface area contributed by atoms with Gasteiger partial charge in [0.25, 0.3) is 5.91 Å². The van der Waals surface area contributed by atoms with Gasteiger partial charge in [-0.1, -0.05) is 16.9 Å². The zero-order valence-corrected chi connectivity index (χ0v) is 18.3.